The maximum Gasteiger partial charge on any atom is 0.160 e. The molecule has 43 heavy (non-hydrogen) atoms. The van der Waals surface area contributed by atoms with Crippen LogP contribution in [0.3, 0.4) is 0 Å². The Hall–Kier alpha value is -5.25. The van der Waals surface area contributed by atoms with E-state index in [0.29, 0.717) is 5.84 Å². The highest BCUT2D eigenvalue weighted by atomic mass is 35.5. The predicted octanol–water partition coefficient (Wildman–Crippen LogP) is 9.96. The second-order valence-electron chi connectivity index (χ2n) is 10.8. The maximum atomic E-state index is 6.59. The van der Waals surface area contributed by atoms with Gasteiger partial charge < -0.3 is 5.32 Å². The van der Waals surface area contributed by atoms with Gasteiger partial charge >= 0.3 is 0 Å². The van der Waals surface area contributed by atoms with Gasteiger partial charge in [-0.05, 0) is 61.8 Å². The van der Waals surface area contributed by atoms with Crippen molar-refractivity contribution in [1.82, 2.24) is 5.32 Å². The Bertz CT molecular complexity index is 2230. The van der Waals surface area contributed by atoms with Crippen molar-refractivity contribution in [3.63, 3.8) is 0 Å². The predicted molar refractivity (Wildman–Crippen MR) is 181 cm³/mol. The summed E-state index contributed by atoms with van der Waals surface area (Å²) in [6.07, 6.45) is -0.270. The molecule has 7 aromatic rings. The van der Waals surface area contributed by atoms with Gasteiger partial charge in [0.25, 0.3) is 0 Å². The molecule has 1 aliphatic heterocycles. The molecule has 0 bridgehead atoms. The van der Waals surface area contributed by atoms with Gasteiger partial charge in [0.15, 0.2) is 5.84 Å². The Balaban J connectivity index is 1.32. The summed E-state index contributed by atoms with van der Waals surface area (Å²) in [6.45, 7) is 0. The highest BCUT2D eigenvalue weighted by Crippen LogP contribution is 2.38. The van der Waals surface area contributed by atoms with Crippen LogP contribution < -0.4 is 5.32 Å². The summed E-state index contributed by atoms with van der Waals surface area (Å²) in [6, 6.07) is 50.5. The van der Waals surface area contributed by atoms with E-state index in [4.69, 9.17) is 21.6 Å². The average molecular weight is 572 g/mol. The zero-order valence-corrected chi connectivity index (χ0v) is 24.0. The largest absolute Gasteiger partial charge is 0.344 e. The third-order valence-corrected chi connectivity index (χ3v) is 8.54. The molecule has 0 amide bonds. The molecule has 0 aromatic heterocycles. The van der Waals surface area contributed by atoms with E-state index in [9.17, 15) is 0 Å². The Labute approximate surface area is 254 Å². The summed E-state index contributed by atoms with van der Waals surface area (Å²) in [5.41, 5.74) is 5.42. The molecule has 4 heteroatoms. The van der Waals surface area contributed by atoms with Gasteiger partial charge in [-0.2, -0.15) is 0 Å². The van der Waals surface area contributed by atoms with E-state index in [0.717, 1.165) is 60.2 Å². The van der Waals surface area contributed by atoms with E-state index in [1.165, 1.54) is 10.8 Å². The summed E-state index contributed by atoms with van der Waals surface area (Å²) in [4.78, 5) is 10.3. The smallest absolute Gasteiger partial charge is 0.160 e. The van der Waals surface area contributed by atoms with E-state index in [2.05, 4.69) is 121 Å². The van der Waals surface area contributed by atoms with Crippen molar-refractivity contribution in [3.8, 4) is 11.1 Å². The lowest BCUT2D eigenvalue weighted by Gasteiger charge is -2.24. The van der Waals surface area contributed by atoms with Gasteiger partial charge in [0, 0.05) is 21.5 Å². The standard InChI is InChI=1S/C39H26ClN3/c40-36-23-22-33(30-15-8-9-17-34(30)36)32-20-21-35(31-16-7-6-14-29(31)32)39-42-37(26-11-2-1-3-12-26)41-38(43-39)28-19-18-25-10-4-5-13-27(25)24-28/h1-24,37H,(H,41,42,43). The average Bonchev–Trinajstić information content (AvgIpc) is 3.08. The molecule has 1 N–H and O–H groups in total. The van der Waals surface area contributed by atoms with Crippen molar-refractivity contribution in [2.45, 2.75) is 6.17 Å². The highest BCUT2D eigenvalue weighted by molar-refractivity contribution is 6.36. The SMILES string of the molecule is Clc1ccc(-c2ccc(C3=NC(c4ccccc4)NC(c4ccc5ccccc5c4)=N3)c3ccccc23)c2ccccc12. The number of amidine groups is 2. The van der Waals surface area contributed by atoms with E-state index >= 15 is 0 Å². The van der Waals surface area contributed by atoms with Crippen LogP contribution in [0, 0.1) is 0 Å². The van der Waals surface area contributed by atoms with Gasteiger partial charge in [0.2, 0.25) is 0 Å². The second kappa shape index (κ2) is 10.5. The minimum absolute atomic E-state index is 0.270. The van der Waals surface area contributed by atoms with Crippen LogP contribution in [-0.2, 0) is 0 Å². The molecule has 0 saturated heterocycles. The Kier molecular flexibility index (Phi) is 6.24. The molecular weight excluding hydrogens is 546 g/mol. The Morgan fingerprint density at radius 3 is 1.86 bits per heavy atom. The zero-order chi connectivity index (χ0) is 28.8. The van der Waals surface area contributed by atoms with Crippen molar-refractivity contribution in [2.75, 3.05) is 0 Å². The highest BCUT2D eigenvalue weighted by Gasteiger charge is 2.23. The van der Waals surface area contributed by atoms with Crippen molar-refractivity contribution >= 4 is 55.6 Å². The first-order valence-corrected chi connectivity index (χ1v) is 14.8. The van der Waals surface area contributed by atoms with Crippen LogP contribution in [0.2, 0.25) is 5.02 Å². The van der Waals surface area contributed by atoms with Crippen LogP contribution in [0.1, 0.15) is 22.9 Å². The number of hydrogen-bond acceptors (Lipinski definition) is 3. The van der Waals surface area contributed by atoms with Crippen molar-refractivity contribution in [2.24, 2.45) is 9.98 Å². The third kappa shape index (κ3) is 4.55. The monoisotopic (exact) mass is 571 g/mol. The summed E-state index contributed by atoms with van der Waals surface area (Å²) < 4.78 is 0. The fourth-order valence-electron chi connectivity index (χ4n) is 6.08. The van der Waals surface area contributed by atoms with Gasteiger partial charge in [-0.1, -0.05) is 139 Å². The molecule has 204 valence electrons. The molecule has 1 aliphatic rings. The minimum Gasteiger partial charge on any atom is -0.344 e. The Morgan fingerprint density at radius 1 is 0.512 bits per heavy atom. The number of benzene rings is 7. The Morgan fingerprint density at radius 2 is 1.09 bits per heavy atom. The molecule has 0 radical (unpaired) electrons. The number of halogens is 1. The number of nitrogens with zero attached hydrogens (tertiary/aromatic N) is 2. The van der Waals surface area contributed by atoms with Crippen molar-refractivity contribution < 1.29 is 0 Å². The maximum absolute atomic E-state index is 6.59. The van der Waals surface area contributed by atoms with Crippen molar-refractivity contribution in [1.29, 1.82) is 0 Å². The molecule has 7 aromatic carbocycles. The lowest BCUT2D eigenvalue weighted by molar-refractivity contribution is 0.674. The topological polar surface area (TPSA) is 36.8 Å². The fraction of sp³-hybridized carbons (Fsp3) is 0.0256. The number of aliphatic imine (C=N–C) groups is 2. The molecule has 1 heterocycles. The third-order valence-electron chi connectivity index (χ3n) is 8.21. The van der Waals surface area contributed by atoms with Crippen LogP contribution in [-0.4, -0.2) is 11.7 Å². The first kappa shape index (κ1) is 25.5. The van der Waals surface area contributed by atoms with E-state index < -0.39 is 0 Å². The van der Waals surface area contributed by atoms with Crippen LogP contribution in [0.25, 0.3) is 43.4 Å². The van der Waals surface area contributed by atoms with Gasteiger partial charge in [0.1, 0.15) is 12.0 Å². The number of rotatable bonds is 4. The van der Waals surface area contributed by atoms with E-state index in [-0.39, 0.29) is 6.17 Å². The summed E-state index contributed by atoms with van der Waals surface area (Å²) in [5, 5.41) is 11.2. The summed E-state index contributed by atoms with van der Waals surface area (Å²) in [5.74, 6) is 1.51. The minimum atomic E-state index is -0.270. The molecule has 3 nitrogen and oxygen atoms in total. The van der Waals surface area contributed by atoms with E-state index in [1.807, 2.05) is 30.3 Å². The van der Waals surface area contributed by atoms with E-state index in [1.54, 1.807) is 0 Å². The van der Waals surface area contributed by atoms with Gasteiger partial charge in [-0.15, -0.1) is 0 Å². The molecule has 8 rings (SSSR count). The van der Waals surface area contributed by atoms with Crippen LogP contribution in [0.5, 0.6) is 0 Å². The molecule has 0 spiro atoms. The molecule has 0 saturated carbocycles. The summed E-state index contributed by atoms with van der Waals surface area (Å²) >= 11 is 6.59. The second-order valence-corrected chi connectivity index (χ2v) is 11.2. The van der Waals surface area contributed by atoms with Gasteiger partial charge in [-0.25, -0.2) is 9.98 Å². The molecule has 1 atom stereocenters. The quantitative estimate of drug-likeness (QED) is 0.224. The summed E-state index contributed by atoms with van der Waals surface area (Å²) in [7, 11) is 0. The van der Waals surface area contributed by atoms with Crippen LogP contribution in [0.4, 0.5) is 0 Å². The number of fused-ring (bicyclic) bond motifs is 3. The lowest BCUT2D eigenvalue weighted by atomic mass is 9.91. The fourth-order valence-corrected chi connectivity index (χ4v) is 6.31. The normalized spacial score (nSPS) is 14.9. The van der Waals surface area contributed by atoms with Crippen LogP contribution in [0.15, 0.2) is 156 Å². The van der Waals surface area contributed by atoms with Gasteiger partial charge in [-0.3, -0.25) is 0 Å². The van der Waals surface area contributed by atoms with Crippen molar-refractivity contribution in [3.05, 3.63) is 167 Å². The molecule has 1 unspecified atom stereocenters. The molecular formula is C39H26ClN3. The van der Waals surface area contributed by atoms with Gasteiger partial charge in [0.05, 0.1) is 0 Å². The number of hydrogen-bond donors (Lipinski definition) is 1. The first-order valence-electron chi connectivity index (χ1n) is 14.4. The first-order chi connectivity index (χ1) is 21.2. The molecule has 0 fully saturated rings. The van der Waals surface area contributed by atoms with Crippen LogP contribution >= 0.6 is 11.6 Å². The molecule has 0 aliphatic carbocycles. The lowest BCUT2D eigenvalue weighted by Crippen LogP contribution is -2.33. The number of nitrogens with one attached hydrogen (secondary N) is 1. The zero-order valence-electron chi connectivity index (χ0n) is 23.2.